The SMILES string of the molecule is Cc1cc(N2CCN(C(=O)[C@H](C)Oc3ccc(C#N)cc3)CC2)nc(C(C)C)n1. The van der Waals surface area contributed by atoms with Crippen molar-refractivity contribution in [1.29, 1.82) is 5.26 Å². The van der Waals surface area contributed by atoms with Crippen molar-refractivity contribution in [2.75, 3.05) is 31.1 Å². The number of rotatable bonds is 5. The number of aryl methyl sites for hydroxylation is 1. The maximum atomic E-state index is 12.8. The summed E-state index contributed by atoms with van der Waals surface area (Å²) in [6, 6.07) is 10.9. The summed E-state index contributed by atoms with van der Waals surface area (Å²) in [6.07, 6.45) is -0.580. The van der Waals surface area contributed by atoms with Crippen LogP contribution < -0.4 is 9.64 Å². The molecule has 29 heavy (non-hydrogen) atoms. The minimum atomic E-state index is -0.580. The van der Waals surface area contributed by atoms with E-state index in [9.17, 15) is 4.79 Å². The number of carbonyl (C=O) groups excluding carboxylic acids is 1. The molecule has 0 saturated carbocycles. The molecule has 3 rings (SSSR count). The van der Waals surface area contributed by atoms with Gasteiger partial charge in [-0.3, -0.25) is 4.79 Å². The molecule has 0 radical (unpaired) electrons. The highest BCUT2D eigenvalue weighted by atomic mass is 16.5. The van der Waals surface area contributed by atoms with Crippen molar-refractivity contribution in [2.24, 2.45) is 0 Å². The molecular weight excluding hydrogens is 366 g/mol. The molecule has 7 nitrogen and oxygen atoms in total. The van der Waals surface area contributed by atoms with Crippen LogP contribution in [0.2, 0.25) is 0 Å². The van der Waals surface area contributed by atoms with Crippen molar-refractivity contribution in [3.8, 4) is 11.8 Å². The number of nitriles is 1. The average Bonchev–Trinajstić information content (AvgIpc) is 2.73. The van der Waals surface area contributed by atoms with Gasteiger partial charge in [-0.15, -0.1) is 0 Å². The molecule has 152 valence electrons. The lowest BCUT2D eigenvalue weighted by atomic mass is 10.2. The third-order valence-corrected chi connectivity index (χ3v) is 4.93. The number of hydrogen-bond acceptors (Lipinski definition) is 6. The Balaban J connectivity index is 1.58. The molecule has 0 spiro atoms. The van der Waals surface area contributed by atoms with Crippen LogP contribution >= 0.6 is 0 Å². The summed E-state index contributed by atoms with van der Waals surface area (Å²) in [6.45, 7) is 10.6. The Morgan fingerprint density at radius 1 is 1.10 bits per heavy atom. The zero-order chi connectivity index (χ0) is 21.0. The van der Waals surface area contributed by atoms with Crippen molar-refractivity contribution in [1.82, 2.24) is 14.9 Å². The fourth-order valence-electron chi connectivity index (χ4n) is 3.27. The first-order chi connectivity index (χ1) is 13.9. The maximum absolute atomic E-state index is 12.8. The standard InChI is InChI=1S/C22H27N5O2/c1-15(2)21-24-16(3)13-20(25-21)26-9-11-27(12-10-26)22(28)17(4)29-19-7-5-18(14-23)6-8-19/h5-8,13,15,17H,9-12H2,1-4H3/t17-/m0/s1. The van der Waals surface area contributed by atoms with Crippen molar-refractivity contribution in [3.05, 3.63) is 47.4 Å². The van der Waals surface area contributed by atoms with E-state index in [0.29, 0.717) is 24.4 Å². The number of piperazine rings is 1. The Morgan fingerprint density at radius 3 is 2.34 bits per heavy atom. The van der Waals surface area contributed by atoms with E-state index in [2.05, 4.69) is 29.8 Å². The average molecular weight is 393 g/mol. The Labute approximate surface area is 171 Å². The molecule has 0 N–H and O–H groups in total. The smallest absolute Gasteiger partial charge is 0.263 e. The zero-order valence-electron chi connectivity index (χ0n) is 17.4. The van der Waals surface area contributed by atoms with E-state index in [4.69, 9.17) is 15.0 Å². The maximum Gasteiger partial charge on any atom is 0.263 e. The number of ether oxygens (including phenoxy) is 1. The third-order valence-electron chi connectivity index (χ3n) is 4.93. The van der Waals surface area contributed by atoms with Crippen molar-refractivity contribution in [2.45, 2.75) is 39.7 Å². The first-order valence-corrected chi connectivity index (χ1v) is 9.93. The topological polar surface area (TPSA) is 82.4 Å². The molecule has 0 bridgehead atoms. The number of nitrogens with zero attached hydrogens (tertiary/aromatic N) is 5. The molecule has 0 unspecified atom stereocenters. The fraction of sp³-hybridized carbons (Fsp3) is 0.455. The molecule has 1 aliphatic heterocycles. The van der Waals surface area contributed by atoms with Gasteiger partial charge in [0.25, 0.3) is 5.91 Å². The molecule has 7 heteroatoms. The van der Waals surface area contributed by atoms with Crippen LogP contribution in [0.4, 0.5) is 5.82 Å². The molecule has 1 atom stereocenters. The highest BCUT2D eigenvalue weighted by Gasteiger charge is 2.27. The highest BCUT2D eigenvalue weighted by molar-refractivity contribution is 5.81. The lowest BCUT2D eigenvalue weighted by molar-refractivity contribution is -0.138. The number of aromatic nitrogens is 2. The van der Waals surface area contributed by atoms with E-state index < -0.39 is 6.10 Å². The van der Waals surface area contributed by atoms with E-state index in [0.717, 1.165) is 30.4 Å². The van der Waals surface area contributed by atoms with Gasteiger partial charge in [0.05, 0.1) is 11.6 Å². The van der Waals surface area contributed by atoms with Gasteiger partial charge in [-0.2, -0.15) is 5.26 Å². The van der Waals surface area contributed by atoms with E-state index in [1.165, 1.54) is 0 Å². The van der Waals surface area contributed by atoms with Gasteiger partial charge in [0.2, 0.25) is 0 Å². The molecule has 0 aliphatic carbocycles. The van der Waals surface area contributed by atoms with Crippen LogP contribution in [-0.4, -0.2) is 53.1 Å². The van der Waals surface area contributed by atoms with Crippen LogP contribution in [0.25, 0.3) is 0 Å². The quantitative estimate of drug-likeness (QED) is 0.777. The summed E-state index contributed by atoms with van der Waals surface area (Å²) in [5, 5.41) is 8.87. The third kappa shape index (κ3) is 5.02. The van der Waals surface area contributed by atoms with E-state index >= 15 is 0 Å². The van der Waals surface area contributed by atoms with Gasteiger partial charge < -0.3 is 14.5 Å². The molecule has 1 amide bonds. The van der Waals surface area contributed by atoms with Gasteiger partial charge in [0.1, 0.15) is 17.4 Å². The van der Waals surface area contributed by atoms with Crippen LogP contribution in [0.5, 0.6) is 5.75 Å². The monoisotopic (exact) mass is 393 g/mol. The Morgan fingerprint density at radius 2 is 1.76 bits per heavy atom. The van der Waals surface area contributed by atoms with Gasteiger partial charge in [-0.05, 0) is 38.1 Å². The summed E-state index contributed by atoms with van der Waals surface area (Å²) in [7, 11) is 0. The number of amides is 1. The van der Waals surface area contributed by atoms with Gasteiger partial charge in [-0.1, -0.05) is 13.8 Å². The lowest BCUT2D eigenvalue weighted by Crippen LogP contribution is -2.52. The Bertz CT molecular complexity index is 896. The first kappa shape index (κ1) is 20.6. The molecule has 1 aromatic heterocycles. The van der Waals surface area contributed by atoms with Crippen LogP contribution in [0.1, 0.15) is 43.8 Å². The van der Waals surface area contributed by atoms with E-state index in [1.807, 2.05) is 17.9 Å². The molecule has 1 aliphatic rings. The van der Waals surface area contributed by atoms with Crippen molar-refractivity contribution in [3.63, 3.8) is 0 Å². The lowest BCUT2D eigenvalue weighted by Gasteiger charge is -2.36. The molecule has 1 aromatic carbocycles. The molecular formula is C22H27N5O2. The predicted molar refractivity (Wildman–Crippen MR) is 111 cm³/mol. The molecule has 1 fully saturated rings. The fourth-order valence-corrected chi connectivity index (χ4v) is 3.27. The van der Waals surface area contributed by atoms with E-state index in [1.54, 1.807) is 31.2 Å². The first-order valence-electron chi connectivity index (χ1n) is 9.93. The van der Waals surface area contributed by atoms with Crippen LogP contribution in [0.3, 0.4) is 0 Å². The zero-order valence-corrected chi connectivity index (χ0v) is 17.4. The van der Waals surface area contributed by atoms with Crippen LogP contribution in [0, 0.1) is 18.3 Å². The Kier molecular flexibility index (Phi) is 6.32. The van der Waals surface area contributed by atoms with Crippen molar-refractivity contribution < 1.29 is 9.53 Å². The summed E-state index contributed by atoms with van der Waals surface area (Å²) in [4.78, 5) is 26.0. The van der Waals surface area contributed by atoms with Crippen molar-refractivity contribution >= 4 is 11.7 Å². The largest absolute Gasteiger partial charge is 0.481 e. The normalized spacial score (nSPS) is 15.2. The minimum absolute atomic E-state index is 0.0317. The summed E-state index contributed by atoms with van der Waals surface area (Å²) >= 11 is 0. The Hall–Kier alpha value is -3.14. The number of hydrogen-bond donors (Lipinski definition) is 0. The summed E-state index contributed by atoms with van der Waals surface area (Å²) in [5.41, 5.74) is 1.52. The molecule has 2 heterocycles. The van der Waals surface area contributed by atoms with Gasteiger partial charge in [0.15, 0.2) is 6.10 Å². The highest BCUT2D eigenvalue weighted by Crippen LogP contribution is 2.20. The summed E-state index contributed by atoms with van der Waals surface area (Å²) < 4.78 is 5.76. The predicted octanol–water partition coefficient (Wildman–Crippen LogP) is 2.90. The number of benzene rings is 1. The second kappa shape index (κ2) is 8.91. The summed E-state index contributed by atoms with van der Waals surface area (Å²) in [5.74, 6) is 2.60. The number of anilines is 1. The minimum Gasteiger partial charge on any atom is -0.481 e. The second-order valence-corrected chi connectivity index (χ2v) is 7.59. The number of carbonyl (C=O) groups is 1. The van der Waals surface area contributed by atoms with Gasteiger partial charge in [0, 0.05) is 43.9 Å². The van der Waals surface area contributed by atoms with Crippen LogP contribution in [0.15, 0.2) is 30.3 Å². The molecule has 1 saturated heterocycles. The molecule has 2 aromatic rings. The van der Waals surface area contributed by atoms with E-state index in [-0.39, 0.29) is 11.8 Å². The van der Waals surface area contributed by atoms with Gasteiger partial charge in [-0.25, -0.2) is 9.97 Å². The van der Waals surface area contributed by atoms with Crippen LogP contribution in [-0.2, 0) is 4.79 Å². The second-order valence-electron chi connectivity index (χ2n) is 7.59. The van der Waals surface area contributed by atoms with Gasteiger partial charge >= 0.3 is 0 Å².